The van der Waals surface area contributed by atoms with E-state index in [0.717, 1.165) is 12.1 Å². The molecular formula is C16H23BFNO6. The Kier molecular flexibility index (Phi) is 6.20. The number of imide groups is 1. The van der Waals surface area contributed by atoms with Crippen LogP contribution in [0.4, 0.5) is 19.7 Å². The second-order valence-electron chi connectivity index (χ2n) is 7.38. The van der Waals surface area contributed by atoms with E-state index in [1.165, 1.54) is 6.07 Å². The SMILES string of the molecule is CC(C)(C)OC(=O)N(C(=O)OC(C)(C)C)c1ccc(B(O)O)cc1F. The van der Waals surface area contributed by atoms with Gasteiger partial charge in [-0.25, -0.2) is 14.0 Å². The zero-order chi connectivity index (χ0) is 19.6. The average Bonchev–Trinajstić information content (AvgIpc) is 2.36. The minimum absolute atomic E-state index is 0.130. The van der Waals surface area contributed by atoms with E-state index in [0.29, 0.717) is 4.90 Å². The highest BCUT2D eigenvalue weighted by atomic mass is 19.1. The number of nitrogens with zero attached hydrogens (tertiary/aromatic N) is 1. The molecule has 1 aromatic rings. The van der Waals surface area contributed by atoms with Gasteiger partial charge in [0.05, 0.1) is 5.69 Å². The van der Waals surface area contributed by atoms with Crippen molar-refractivity contribution in [2.24, 2.45) is 0 Å². The molecule has 1 rings (SSSR count). The fourth-order valence-electron chi connectivity index (χ4n) is 1.75. The van der Waals surface area contributed by atoms with Crippen LogP contribution in [0.1, 0.15) is 41.5 Å². The Bertz CT molecular complexity index is 623. The first-order chi connectivity index (χ1) is 11.2. The summed E-state index contributed by atoms with van der Waals surface area (Å²) in [6, 6.07) is 3.05. The summed E-state index contributed by atoms with van der Waals surface area (Å²) in [5.41, 5.74) is -2.40. The van der Waals surface area contributed by atoms with Crippen molar-refractivity contribution in [3.8, 4) is 0 Å². The summed E-state index contributed by atoms with van der Waals surface area (Å²) < 4.78 is 24.7. The molecule has 2 N–H and O–H groups in total. The first kappa shape index (κ1) is 20.9. The lowest BCUT2D eigenvalue weighted by Crippen LogP contribution is -2.44. The zero-order valence-corrected chi connectivity index (χ0v) is 15.2. The second-order valence-corrected chi connectivity index (χ2v) is 7.38. The number of hydrogen-bond acceptors (Lipinski definition) is 6. The van der Waals surface area contributed by atoms with E-state index >= 15 is 0 Å². The lowest BCUT2D eigenvalue weighted by molar-refractivity contribution is 0.0429. The topological polar surface area (TPSA) is 96.3 Å². The number of ether oxygens (including phenoxy) is 2. The lowest BCUT2D eigenvalue weighted by atomic mass is 9.80. The Morgan fingerprint density at radius 1 is 1.00 bits per heavy atom. The van der Waals surface area contributed by atoms with Crippen LogP contribution in [0.25, 0.3) is 0 Å². The van der Waals surface area contributed by atoms with Crippen molar-refractivity contribution >= 4 is 30.5 Å². The van der Waals surface area contributed by atoms with Crippen molar-refractivity contribution in [1.29, 1.82) is 0 Å². The molecule has 2 amide bonds. The van der Waals surface area contributed by atoms with Gasteiger partial charge in [-0.3, -0.25) is 0 Å². The molecule has 0 fully saturated rings. The van der Waals surface area contributed by atoms with Crippen LogP contribution >= 0.6 is 0 Å². The predicted molar refractivity (Wildman–Crippen MR) is 91.2 cm³/mol. The highest BCUT2D eigenvalue weighted by molar-refractivity contribution is 6.58. The Morgan fingerprint density at radius 2 is 1.44 bits per heavy atom. The number of halogens is 1. The number of carbonyl (C=O) groups excluding carboxylic acids is 2. The van der Waals surface area contributed by atoms with Gasteiger partial charge in [-0.1, -0.05) is 6.07 Å². The summed E-state index contributed by atoms with van der Waals surface area (Å²) >= 11 is 0. The molecule has 0 heterocycles. The fraction of sp³-hybridized carbons (Fsp3) is 0.500. The minimum Gasteiger partial charge on any atom is -0.443 e. The summed E-state index contributed by atoms with van der Waals surface area (Å²) in [5, 5.41) is 18.2. The number of amides is 2. The van der Waals surface area contributed by atoms with Crippen LogP contribution in [0.15, 0.2) is 18.2 Å². The molecule has 0 saturated carbocycles. The normalized spacial score (nSPS) is 11.7. The number of anilines is 1. The zero-order valence-electron chi connectivity index (χ0n) is 15.2. The first-order valence-corrected chi connectivity index (χ1v) is 7.63. The predicted octanol–water partition coefficient (Wildman–Crippen LogP) is 2.18. The van der Waals surface area contributed by atoms with Gasteiger partial charge in [-0.15, -0.1) is 0 Å². The van der Waals surface area contributed by atoms with Gasteiger partial charge in [0, 0.05) is 0 Å². The Balaban J connectivity index is 3.31. The summed E-state index contributed by atoms with van der Waals surface area (Å²) in [6.07, 6.45) is -2.23. The van der Waals surface area contributed by atoms with Crippen LogP contribution in [-0.2, 0) is 9.47 Å². The third kappa shape index (κ3) is 6.35. The number of hydrogen-bond donors (Lipinski definition) is 2. The van der Waals surface area contributed by atoms with E-state index in [1.807, 2.05) is 0 Å². The van der Waals surface area contributed by atoms with Gasteiger partial charge in [0.2, 0.25) is 0 Å². The van der Waals surface area contributed by atoms with Crippen molar-refractivity contribution < 1.29 is 33.5 Å². The molecule has 0 radical (unpaired) electrons. The third-order valence-corrected chi connectivity index (χ3v) is 2.66. The van der Waals surface area contributed by atoms with Crippen molar-refractivity contribution in [3.05, 3.63) is 24.0 Å². The van der Waals surface area contributed by atoms with Crippen LogP contribution < -0.4 is 10.4 Å². The van der Waals surface area contributed by atoms with Crippen LogP contribution in [-0.4, -0.2) is 40.6 Å². The van der Waals surface area contributed by atoms with E-state index in [-0.39, 0.29) is 5.46 Å². The van der Waals surface area contributed by atoms with E-state index < -0.39 is 42.0 Å². The summed E-state index contributed by atoms with van der Waals surface area (Å²) in [4.78, 5) is 25.2. The molecule has 0 atom stereocenters. The molecule has 0 aliphatic rings. The van der Waals surface area contributed by atoms with Gasteiger partial charge in [-0.05, 0) is 59.1 Å². The van der Waals surface area contributed by atoms with Crippen LogP contribution in [0.2, 0.25) is 0 Å². The molecular weight excluding hydrogens is 332 g/mol. The molecule has 0 bridgehead atoms. The molecule has 0 spiro atoms. The van der Waals surface area contributed by atoms with Crippen molar-refractivity contribution in [1.82, 2.24) is 0 Å². The summed E-state index contributed by atoms with van der Waals surface area (Å²) in [7, 11) is -1.89. The maximum absolute atomic E-state index is 14.4. The Morgan fingerprint density at radius 3 is 1.76 bits per heavy atom. The molecule has 138 valence electrons. The molecule has 9 heteroatoms. The molecule has 0 aromatic heterocycles. The first-order valence-electron chi connectivity index (χ1n) is 7.63. The molecule has 25 heavy (non-hydrogen) atoms. The monoisotopic (exact) mass is 355 g/mol. The van der Waals surface area contributed by atoms with E-state index in [9.17, 15) is 14.0 Å². The summed E-state index contributed by atoms with van der Waals surface area (Å²) in [6.45, 7) is 9.58. The third-order valence-electron chi connectivity index (χ3n) is 2.66. The van der Waals surface area contributed by atoms with Gasteiger partial charge < -0.3 is 19.5 Å². The standard InChI is InChI=1S/C16H23BFNO6/c1-15(2,3)24-13(20)19(14(21)25-16(4,5)6)12-8-7-10(17(22)23)9-11(12)18/h7-9,22-23H,1-6H3. The minimum atomic E-state index is -1.89. The number of rotatable bonds is 2. The summed E-state index contributed by atoms with van der Waals surface area (Å²) in [5.74, 6) is -1.01. The fourth-order valence-corrected chi connectivity index (χ4v) is 1.75. The second kappa shape index (κ2) is 7.41. The van der Waals surface area contributed by atoms with Crippen LogP contribution in [0, 0.1) is 5.82 Å². The lowest BCUT2D eigenvalue weighted by Gasteiger charge is -2.28. The van der Waals surface area contributed by atoms with E-state index in [4.69, 9.17) is 19.5 Å². The van der Waals surface area contributed by atoms with Gasteiger partial charge in [0.25, 0.3) is 0 Å². The van der Waals surface area contributed by atoms with Gasteiger partial charge in [0.1, 0.15) is 17.0 Å². The maximum atomic E-state index is 14.4. The van der Waals surface area contributed by atoms with E-state index in [1.54, 1.807) is 41.5 Å². The average molecular weight is 355 g/mol. The highest BCUT2D eigenvalue weighted by Gasteiger charge is 2.34. The number of benzene rings is 1. The quantitative estimate of drug-likeness (QED) is 0.790. The van der Waals surface area contributed by atoms with Gasteiger partial charge in [-0.2, -0.15) is 4.90 Å². The molecule has 0 aliphatic heterocycles. The van der Waals surface area contributed by atoms with Crippen LogP contribution in [0.5, 0.6) is 0 Å². The Labute approximate surface area is 146 Å². The highest BCUT2D eigenvalue weighted by Crippen LogP contribution is 2.24. The van der Waals surface area contributed by atoms with E-state index in [2.05, 4.69) is 0 Å². The van der Waals surface area contributed by atoms with Crippen molar-refractivity contribution in [3.63, 3.8) is 0 Å². The Hall–Kier alpha value is -2.13. The molecule has 0 aliphatic carbocycles. The van der Waals surface area contributed by atoms with Gasteiger partial charge in [0.15, 0.2) is 0 Å². The molecule has 1 aromatic carbocycles. The number of carbonyl (C=O) groups is 2. The largest absolute Gasteiger partial charge is 0.488 e. The maximum Gasteiger partial charge on any atom is 0.488 e. The molecule has 0 saturated heterocycles. The molecule has 0 unspecified atom stereocenters. The van der Waals surface area contributed by atoms with Crippen LogP contribution in [0.3, 0.4) is 0 Å². The van der Waals surface area contributed by atoms with Crippen molar-refractivity contribution in [2.75, 3.05) is 4.90 Å². The molecule has 7 nitrogen and oxygen atoms in total. The van der Waals surface area contributed by atoms with Crippen molar-refractivity contribution in [2.45, 2.75) is 52.7 Å². The van der Waals surface area contributed by atoms with Gasteiger partial charge >= 0.3 is 19.3 Å². The smallest absolute Gasteiger partial charge is 0.443 e.